The van der Waals surface area contributed by atoms with Crippen molar-refractivity contribution in [2.75, 3.05) is 6.61 Å². The molecule has 0 aliphatic rings. The summed E-state index contributed by atoms with van der Waals surface area (Å²) in [5.41, 5.74) is 5.20. The van der Waals surface area contributed by atoms with Crippen molar-refractivity contribution in [3.8, 4) is 5.75 Å². The Bertz CT molecular complexity index is 659. The van der Waals surface area contributed by atoms with Crippen LogP contribution < -0.4 is 4.74 Å². The van der Waals surface area contributed by atoms with E-state index < -0.39 is 5.97 Å². The lowest BCUT2D eigenvalue weighted by atomic mass is 10.1. The van der Waals surface area contributed by atoms with Gasteiger partial charge in [-0.2, -0.15) is 0 Å². The first kappa shape index (κ1) is 22.8. The molecule has 27 heavy (non-hydrogen) atoms. The topological polar surface area (TPSA) is 46.5 Å². The Morgan fingerprint density at radius 2 is 1.48 bits per heavy atom. The van der Waals surface area contributed by atoms with E-state index in [1.165, 1.54) is 16.7 Å². The van der Waals surface area contributed by atoms with E-state index in [4.69, 9.17) is 9.84 Å². The summed E-state index contributed by atoms with van der Waals surface area (Å²) < 4.78 is 5.75. The Labute approximate surface area is 164 Å². The average Bonchev–Trinajstić information content (AvgIpc) is 2.60. The van der Waals surface area contributed by atoms with E-state index in [2.05, 4.69) is 45.9 Å². The van der Waals surface area contributed by atoms with E-state index >= 15 is 0 Å². The van der Waals surface area contributed by atoms with E-state index in [-0.39, 0.29) is 6.42 Å². The Morgan fingerprint density at radius 1 is 0.889 bits per heavy atom. The highest BCUT2D eigenvalue weighted by Gasteiger charge is 2.00. The van der Waals surface area contributed by atoms with Crippen molar-refractivity contribution in [2.24, 2.45) is 0 Å². The average molecular weight is 371 g/mol. The number of rotatable bonds is 12. The Balaban J connectivity index is 2.29. The monoisotopic (exact) mass is 370 g/mol. The van der Waals surface area contributed by atoms with Crippen molar-refractivity contribution in [2.45, 2.75) is 66.2 Å². The molecule has 0 bridgehead atoms. The van der Waals surface area contributed by atoms with Crippen molar-refractivity contribution >= 4 is 5.97 Å². The number of hydrogen-bond acceptors (Lipinski definition) is 2. The number of allylic oxidation sites excluding steroid dienone is 5. The van der Waals surface area contributed by atoms with E-state index in [9.17, 15) is 4.79 Å². The summed E-state index contributed by atoms with van der Waals surface area (Å²) in [6.07, 6.45) is 11.9. The van der Waals surface area contributed by atoms with Gasteiger partial charge in [-0.25, -0.2) is 0 Å². The van der Waals surface area contributed by atoms with Gasteiger partial charge in [-0.05, 0) is 83.6 Å². The minimum atomic E-state index is -0.770. The van der Waals surface area contributed by atoms with Crippen molar-refractivity contribution in [3.05, 3.63) is 64.8 Å². The van der Waals surface area contributed by atoms with Crippen LogP contribution in [0.2, 0.25) is 0 Å². The zero-order valence-electron chi connectivity index (χ0n) is 17.3. The second-order valence-electron chi connectivity index (χ2n) is 7.31. The summed E-state index contributed by atoms with van der Waals surface area (Å²) in [5, 5.41) is 8.71. The molecular weight excluding hydrogens is 336 g/mol. The highest BCUT2D eigenvalue weighted by molar-refractivity contribution is 5.67. The molecule has 3 heteroatoms. The van der Waals surface area contributed by atoms with Gasteiger partial charge in [0.2, 0.25) is 0 Å². The van der Waals surface area contributed by atoms with Gasteiger partial charge in [0.25, 0.3) is 0 Å². The highest BCUT2D eigenvalue weighted by atomic mass is 16.5. The van der Waals surface area contributed by atoms with Crippen molar-refractivity contribution < 1.29 is 14.6 Å². The maximum Gasteiger partial charge on any atom is 0.303 e. The molecule has 1 aromatic rings. The van der Waals surface area contributed by atoms with Crippen LogP contribution in [0.4, 0.5) is 0 Å². The van der Waals surface area contributed by atoms with Crippen LogP contribution in [0.25, 0.3) is 0 Å². The van der Waals surface area contributed by atoms with E-state index in [0.29, 0.717) is 13.0 Å². The summed E-state index contributed by atoms with van der Waals surface area (Å²) in [7, 11) is 0. The lowest BCUT2D eigenvalue weighted by molar-refractivity contribution is -0.136. The molecule has 0 fully saturated rings. The number of aryl methyl sites for hydroxylation is 1. The Kier molecular flexibility index (Phi) is 10.9. The van der Waals surface area contributed by atoms with Crippen LogP contribution in [0, 0.1) is 0 Å². The van der Waals surface area contributed by atoms with E-state index in [1.807, 2.05) is 24.3 Å². The van der Waals surface area contributed by atoms with Gasteiger partial charge in [-0.3, -0.25) is 4.79 Å². The van der Waals surface area contributed by atoms with E-state index in [1.54, 1.807) is 0 Å². The van der Waals surface area contributed by atoms with E-state index in [0.717, 1.165) is 37.0 Å². The predicted molar refractivity (Wildman–Crippen MR) is 113 cm³/mol. The molecule has 1 rings (SSSR count). The van der Waals surface area contributed by atoms with Crippen LogP contribution in [-0.4, -0.2) is 17.7 Å². The third-order valence-corrected chi connectivity index (χ3v) is 4.36. The molecule has 0 radical (unpaired) electrons. The largest absolute Gasteiger partial charge is 0.490 e. The van der Waals surface area contributed by atoms with Crippen LogP contribution >= 0.6 is 0 Å². The number of aliphatic carboxylic acids is 1. The first-order valence-corrected chi connectivity index (χ1v) is 9.75. The molecule has 0 spiro atoms. The van der Waals surface area contributed by atoms with Gasteiger partial charge in [0.05, 0.1) is 0 Å². The summed E-state index contributed by atoms with van der Waals surface area (Å²) in [5.74, 6) is 0.0435. The lowest BCUT2D eigenvalue weighted by Crippen LogP contribution is -1.98. The predicted octanol–water partition coefficient (Wildman–Crippen LogP) is 6.50. The maximum atomic E-state index is 10.6. The summed E-state index contributed by atoms with van der Waals surface area (Å²) in [6.45, 7) is 9.20. The highest BCUT2D eigenvalue weighted by Crippen LogP contribution is 2.15. The van der Waals surface area contributed by atoms with Crippen LogP contribution in [-0.2, 0) is 11.2 Å². The summed E-state index contributed by atoms with van der Waals surface area (Å²) >= 11 is 0. The molecule has 0 aliphatic heterocycles. The van der Waals surface area contributed by atoms with Gasteiger partial charge >= 0.3 is 5.97 Å². The Morgan fingerprint density at radius 3 is 2.07 bits per heavy atom. The molecule has 0 aromatic heterocycles. The molecule has 0 aliphatic carbocycles. The fraction of sp³-hybridized carbons (Fsp3) is 0.458. The fourth-order valence-electron chi connectivity index (χ4n) is 2.62. The van der Waals surface area contributed by atoms with Crippen LogP contribution in [0.3, 0.4) is 0 Å². The number of carboxylic acid groups (broad SMARTS) is 1. The molecule has 1 aromatic carbocycles. The molecule has 3 nitrogen and oxygen atoms in total. The molecule has 0 unspecified atom stereocenters. The number of carboxylic acids is 1. The van der Waals surface area contributed by atoms with Crippen molar-refractivity contribution in [3.63, 3.8) is 0 Å². The fourth-order valence-corrected chi connectivity index (χ4v) is 2.62. The molecule has 1 N–H and O–H groups in total. The normalized spacial score (nSPS) is 12.0. The molecular formula is C24H34O3. The zero-order valence-corrected chi connectivity index (χ0v) is 17.3. The lowest BCUT2D eigenvalue weighted by Gasteiger charge is -2.06. The van der Waals surface area contributed by atoms with Crippen LogP contribution in [0.15, 0.2) is 59.2 Å². The quantitative estimate of drug-likeness (QED) is 0.427. The maximum absolute atomic E-state index is 10.6. The number of ether oxygens (including phenoxy) is 1. The SMILES string of the molecule is CC(C)=CCC/C(C)=C\CC/C(C)=C\COc1ccc(CCC(=O)O)cc1. The first-order chi connectivity index (χ1) is 12.9. The smallest absolute Gasteiger partial charge is 0.303 e. The van der Waals surface area contributed by atoms with Gasteiger partial charge in [0.15, 0.2) is 0 Å². The standard InChI is InChI=1S/C24H34O3/c1-19(2)7-5-8-20(3)9-6-10-21(4)17-18-27-23-14-11-22(12-15-23)13-16-24(25)26/h7,9,11-12,14-15,17H,5-6,8,10,13,16,18H2,1-4H3,(H,25,26)/b20-9-,21-17-. The van der Waals surface area contributed by atoms with Gasteiger partial charge in [-0.15, -0.1) is 0 Å². The van der Waals surface area contributed by atoms with Gasteiger partial charge < -0.3 is 9.84 Å². The first-order valence-electron chi connectivity index (χ1n) is 9.75. The van der Waals surface area contributed by atoms with Crippen molar-refractivity contribution in [1.29, 1.82) is 0 Å². The molecule has 0 heterocycles. The minimum Gasteiger partial charge on any atom is -0.490 e. The third kappa shape index (κ3) is 11.8. The van der Waals surface area contributed by atoms with Crippen LogP contribution in [0.5, 0.6) is 5.75 Å². The zero-order chi connectivity index (χ0) is 20.1. The number of carbonyl (C=O) groups is 1. The van der Waals surface area contributed by atoms with Gasteiger partial charge in [0, 0.05) is 6.42 Å². The third-order valence-electron chi connectivity index (χ3n) is 4.36. The molecule has 0 saturated carbocycles. The molecule has 0 amide bonds. The van der Waals surface area contributed by atoms with Crippen molar-refractivity contribution in [1.82, 2.24) is 0 Å². The van der Waals surface area contributed by atoms with Crippen LogP contribution in [0.1, 0.15) is 65.4 Å². The van der Waals surface area contributed by atoms with Gasteiger partial charge in [0.1, 0.15) is 12.4 Å². The minimum absolute atomic E-state index is 0.158. The molecule has 0 saturated heterocycles. The second kappa shape index (κ2) is 13.0. The van der Waals surface area contributed by atoms with Gasteiger partial charge in [-0.1, -0.05) is 41.0 Å². The molecule has 0 atom stereocenters. The molecule has 148 valence electrons. The summed E-state index contributed by atoms with van der Waals surface area (Å²) in [6, 6.07) is 7.66. The Hall–Kier alpha value is -2.29. The number of hydrogen-bond donors (Lipinski definition) is 1. The number of benzene rings is 1. The second-order valence-corrected chi connectivity index (χ2v) is 7.31. The summed E-state index contributed by atoms with van der Waals surface area (Å²) in [4.78, 5) is 10.6.